The normalized spacial score (nSPS) is 19.1. The van der Waals surface area contributed by atoms with Crippen molar-refractivity contribution in [3.05, 3.63) is 34.1 Å². The quantitative estimate of drug-likeness (QED) is 0.596. The van der Waals surface area contributed by atoms with Crippen LogP contribution >= 0.6 is 0 Å². The fourth-order valence-corrected chi connectivity index (χ4v) is 3.04. The SMILES string of the molecule is Cn1cccc1C(C[N+](=O)[O-])C1CCCCC1. The number of nitro groups is 1. The van der Waals surface area contributed by atoms with Gasteiger partial charge in [-0.25, -0.2) is 0 Å². The van der Waals surface area contributed by atoms with Gasteiger partial charge in [0.05, 0.1) is 5.92 Å². The molecular weight excluding hydrogens is 216 g/mol. The lowest BCUT2D eigenvalue weighted by Crippen LogP contribution is -2.25. The van der Waals surface area contributed by atoms with E-state index in [4.69, 9.17) is 0 Å². The summed E-state index contributed by atoms with van der Waals surface area (Å²) in [4.78, 5) is 10.7. The lowest BCUT2D eigenvalue weighted by atomic mass is 9.78. The smallest absolute Gasteiger partial charge is 0.212 e. The molecule has 1 aromatic rings. The van der Waals surface area contributed by atoms with Crippen molar-refractivity contribution in [2.75, 3.05) is 6.54 Å². The number of rotatable bonds is 4. The summed E-state index contributed by atoms with van der Waals surface area (Å²) in [5.41, 5.74) is 1.12. The zero-order valence-electron chi connectivity index (χ0n) is 10.3. The summed E-state index contributed by atoms with van der Waals surface area (Å²) in [7, 11) is 1.98. The average Bonchev–Trinajstić information content (AvgIpc) is 2.73. The van der Waals surface area contributed by atoms with Crippen molar-refractivity contribution in [3.63, 3.8) is 0 Å². The predicted molar refractivity (Wildman–Crippen MR) is 66.6 cm³/mol. The maximum atomic E-state index is 10.9. The number of aromatic nitrogens is 1. The molecule has 1 fully saturated rings. The lowest BCUT2D eigenvalue weighted by Gasteiger charge is -2.28. The molecule has 1 aliphatic carbocycles. The first kappa shape index (κ1) is 12.1. The summed E-state index contributed by atoms with van der Waals surface area (Å²) < 4.78 is 2.03. The Morgan fingerprint density at radius 1 is 1.47 bits per heavy atom. The van der Waals surface area contributed by atoms with Gasteiger partial charge in [0, 0.05) is 23.9 Å². The molecule has 1 aliphatic rings. The molecule has 0 spiro atoms. The fraction of sp³-hybridized carbons (Fsp3) is 0.692. The second-order valence-electron chi connectivity index (χ2n) is 5.06. The molecule has 4 nitrogen and oxygen atoms in total. The molecule has 1 unspecified atom stereocenters. The molecule has 1 aromatic heterocycles. The van der Waals surface area contributed by atoms with Gasteiger partial charge in [0.1, 0.15) is 0 Å². The van der Waals surface area contributed by atoms with Crippen molar-refractivity contribution in [2.45, 2.75) is 38.0 Å². The molecule has 17 heavy (non-hydrogen) atoms. The zero-order chi connectivity index (χ0) is 12.3. The largest absolute Gasteiger partial charge is 0.354 e. The van der Waals surface area contributed by atoms with Gasteiger partial charge >= 0.3 is 0 Å². The third-order valence-electron chi connectivity index (χ3n) is 3.93. The maximum Gasteiger partial charge on any atom is 0.212 e. The van der Waals surface area contributed by atoms with Crippen molar-refractivity contribution in [1.29, 1.82) is 0 Å². The number of nitrogens with zero attached hydrogens (tertiary/aromatic N) is 2. The zero-order valence-corrected chi connectivity index (χ0v) is 10.3. The Kier molecular flexibility index (Phi) is 3.82. The molecule has 0 saturated heterocycles. The van der Waals surface area contributed by atoms with E-state index in [-0.39, 0.29) is 17.4 Å². The van der Waals surface area contributed by atoms with E-state index in [1.807, 2.05) is 29.9 Å². The van der Waals surface area contributed by atoms with Gasteiger partial charge in [0.25, 0.3) is 0 Å². The molecule has 1 saturated carbocycles. The second-order valence-corrected chi connectivity index (χ2v) is 5.06. The first-order valence-corrected chi connectivity index (χ1v) is 6.41. The van der Waals surface area contributed by atoms with E-state index in [2.05, 4.69) is 0 Å². The van der Waals surface area contributed by atoms with Crippen molar-refractivity contribution < 1.29 is 4.92 Å². The first-order chi connectivity index (χ1) is 8.18. The summed E-state index contributed by atoms with van der Waals surface area (Å²) >= 11 is 0. The van der Waals surface area contributed by atoms with E-state index >= 15 is 0 Å². The Balaban J connectivity index is 2.18. The van der Waals surface area contributed by atoms with Crippen LogP contribution in [0.15, 0.2) is 18.3 Å². The van der Waals surface area contributed by atoms with Crippen LogP contribution in [0.5, 0.6) is 0 Å². The van der Waals surface area contributed by atoms with Crippen LogP contribution in [0, 0.1) is 16.0 Å². The van der Waals surface area contributed by atoms with E-state index < -0.39 is 0 Å². The van der Waals surface area contributed by atoms with Crippen LogP contribution < -0.4 is 0 Å². The molecule has 4 heteroatoms. The molecular formula is C13H20N2O2. The van der Waals surface area contributed by atoms with E-state index in [9.17, 15) is 10.1 Å². The van der Waals surface area contributed by atoms with Crippen LogP contribution in [-0.4, -0.2) is 16.0 Å². The van der Waals surface area contributed by atoms with E-state index in [0.29, 0.717) is 5.92 Å². The van der Waals surface area contributed by atoms with Gasteiger partial charge in [0.15, 0.2) is 0 Å². The van der Waals surface area contributed by atoms with Crippen molar-refractivity contribution in [3.8, 4) is 0 Å². The van der Waals surface area contributed by atoms with Crippen LogP contribution in [-0.2, 0) is 7.05 Å². The van der Waals surface area contributed by atoms with Gasteiger partial charge in [-0.2, -0.15) is 0 Å². The molecule has 2 rings (SSSR count). The van der Waals surface area contributed by atoms with Gasteiger partial charge in [-0.1, -0.05) is 19.3 Å². The molecule has 0 bridgehead atoms. The Bertz CT molecular complexity index is 381. The van der Waals surface area contributed by atoms with Crippen LogP contribution in [0.1, 0.15) is 43.7 Å². The molecule has 1 heterocycles. The minimum Gasteiger partial charge on any atom is -0.354 e. The minimum absolute atomic E-state index is 0.0719. The summed E-state index contributed by atoms with van der Waals surface area (Å²) in [5.74, 6) is 0.577. The summed E-state index contributed by atoms with van der Waals surface area (Å²) in [5, 5.41) is 10.9. The topological polar surface area (TPSA) is 48.1 Å². The molecule has 0 aromatic carbocycles. The highest BCUT2D eigenvalue weighted by Crippen LogP contribution is 2.36. The first-order valence-electron chi connectivity index (χ1n) is 6.41. The van der Waals surface area contributed by atoms with Crippen LogP contribution in [0.2, 0.25) is 0 Å². The highest BCUT2D eigenvalue weighted by atomic mass is 16.6. The molecule has 0 aliphatic heterocycles. The summed E-state index contributed by atoms with van der Waals surface area (Å²) in [6, 6.07) is 4.01. The summed E-state index contributed by atoms with van der Waals surface area (Å²) in [6.45, 7) is 0.0719. The van der Waals surface area contributed by atoms with Crippen LogP contribution in [0.25, 0.3) is 0 Å². The number of hydrogen-bond acceptors (Lipinski definition) is 2. The third-order valence-corrected chi connectivity index (χ3v) is 3.93. The molecule has 0 N–H and O–H groups in total. The van der Waals surface area contributed by atoms with E-state index in [1.165, 1.54) is 19.3 Å². The maximum absolute atomic E-state index is 10.9. The number of aryl methyl sites for hydroxylation is 1. The second kappa shape index (κ2) is 5.34. The summed E-state index contributed by atoms with van der Waals surface area (Å²) in [6.07, 6.45) is 8.00. The Labute approximate surface area is 102 Å². The van der Waals surface area contributed by atoms with Gasteiger partial charge in [-0.05, 0) is 30.9 Å². The molecule has 94 valence electrons. The van der Waals surface area contributed by atoms with Crippen LogP contribution in [0.4, 0.5) is 0 Å². The van der Waals surface area contributed by atoms with E-state index in [0.717, 1.165) is 18.5 Å². The van der Waals surface area contributed by atoms with E-state index in [1.54, 1.807) is 0 Å². The van der Waals surface area contributed by atoms with Gasteiger partial charge in [-0.15, -0.1) is 0 Å². The van der Waals surface area contributed by atoms with Crippen LogP contribution in [0.3, 0.4) is 0 Å². The third kappa shape index (κ3) is 2.87. The monoisotopic (exact) mass is 236 g/mol. The average molecular weight is 236 g/mol. The van der Waals surface area contributed by atoms with Gasteiger partial charge < -0.3 is 4.57 Å². The highest BCUT2D eigenvalue weighted by Gasteiger charge is 2.30. The minimum atomic E-state index is -0.160. The highest BCUT2D eigenvalue weighted by molar-refractivity contribution is 5.14. The Morgan fingerprint density at radius 3 is 2.71 bits per heavy atom. The van der Waals surface area contributed by atoms with Crippen molar-refractivity contribution in [1.82, 2.24) is 4.57 Å². The molecule has 0 amide bonds. The standard InChI is InChI=1S/C13H20N2O2/c1-14-9-5-8-13(14)12(10-15(16)17)11-6-3-2-4-7-11/h5,8-9,11-12H,2-4,6-7,10H2,1H3. The fourth-order valence-electron chi connectivity index (χ4n) is 3.04. The Morgan fingerprint density at radius 2 is 2.18 bits per heavy atom. The molecule has 0 radical (unpaired) electrons. The number of hydrogen-bond donors (Lipinski definition) is 0. The Hall–Kier alpha value is -1.32. The van der Waals surface area contributed by atoms with Gasteiger partial charge in [0.2, 0.25) is 6.54 Å². The predicted octanol–water partition coefficient (Wildman–Crippen LogP) is 2.97. The van der Waals surface area contributed by atoms with Crippen molar-refractivity contribution in [2.24, 2.45) is 13.0 Å². The van der Waals surface area contributed by atoms with Crippen molar-refractivity contribution >= 4 is 0 Å². The molecule has 1 atom stereocenters. The lowest BCUT2D eigenvalue weighted by molar-refractivity contribution is -0.485. The van der Waals surface area contributed by atoms with Gasteiger partial charge in [-0.3, -0.25) is 10.1 Å².